The molecule has 30 heavy (non-hydrogen) atoms. The van der Waals surface area contributed by atoms with Crippen molar-refractivity contribution in [3.63, 3.8) is 0 Å². The second-order valence-electron chi connectivity index (χ2n) is 7.79. The summed E-state index contributed by atoms with van der Waals surface area (Å²) in [5, 5.41) is 0.457. The van der Waals surface area contributed by atoms with Gasteiger partial charge in [0.2, 0.25) is 0 Å². The molecule has 4 rings (SSSR count). The fourth-order valence-corrected chi connectivity index (χ4v) is 4.15. The molecular weight excluding hydrogens is 382 g/mol. The summed E-state index contributed by atoms with van der Waals surface area (Å²) in [4.78, 5) is 36.9. The zero-order chi connectivity index (χ0) is 21.1. The van der Waals surface area contributed by atoms with Gasteiger partial charge in [-0.1, -0.05) is 6.07 Å². The highest BCUT2D eigenvalue weighted by atomic mass is 16.5. The lowest BCUT2D eigenvalue weighted by Crippen LogP contribution is -2.39. The Labute approximate surface area is 174 Å². The van der Waals surface area contributed by atoms with Gasteiger partial charge in [0.15, 0.2) is 0 Å². The first kappa shape index (κ1) is 20.4. The van der Waals surface area contributed by atoms with Crippen molar-refractivity contribution in [1.29, 1.82) is 0 Å². The lowest BCUT2D eigenvalue weighted by atomic mass is 9.94. The number of aromatic nitrogens is 4. The van der Waals surface area contributed by atoms with Crippen LogP contribution < -0.4 is 11.2 Å². The SMILES string of the molecule is COCCn1c(=O)n(C)c(=O)c2ccc([C@@H]3CCCN(Cc4ccccn4)C3)nc21. The van der Waals surface area contributed by atoms with Crippen molar-refractivity contribution in [2.45, 2.75) is 31.8 Å². The molecule has 158 valence electrons. The summed E-state index contributed by atoms with van der Waals surface area (Å²) < 4.78 is 7.82. The van der Waals surface area contributed by atoms with Crippen LogP contribution in [-0.4, -0.2) is 50.8 Å². The molecule has 1 aliphatic rings. The summed E-state index contributed by atoms with van der Waals surface area (Å²) in [6.45, 7) is 3.44. The fraction of sp³-hybridized carbons (Fsp3) is 0.455. The molecule has 0 saturated carbocycles. The number of methoxy groups -OCH3 is 1. The molecule has 1 saturated heterocycles. The van der Waals surface area contributed by atoms with E-state index >= 15 is 0 Å². The monoisotopic (exact) mass is 409 g/mol. The Morgan fingerprint density at radius 1 is 1.20 bits per heavy atom. The number of pyridine rings is 2. The lowest BCUT2D eigenvalue weighted by molar-refractivity contribution is 0.186. The lowest BCUT2D eigenvalue weighted by Gasteiger charge is -2.32. The van der Waals surface area contributed by atoms with Crippen LogP contribution in [0, 0.1) is 0 Å². The van der Waals surface area contributed by atoms with Crippen LogP contribution >= 0.6 is 0 Å². The number of rotatable bonds is 6. The zero-order valence-corrected chi connectivity index (χ0v) is 17.5. The van der Waals surface area contributed by atoms with Crippen molar-refractivity contribution in [3.05, 3.63) is 68.8 Å². The maximum atomic E-state index is 12.7. The second-order valence-corrected chi connectivity index (χ2v) is 7.79. The number of likely N-dealkylation sites (tertiary alicyclic amines) is 1. The molecule has 1 aliphatic heterocycles. The average Bonchev–Trinajstić information content (AvgIpc) is 2.78. The van der Waals surface area contributed by atoms with Crippen LogP contribution in [0.25, 0.3) is 11.0 Å². The summed E-state index contributed by atoms with van der Waals surface area (Å²) in [5.74, 6) is 0.252. The maximum Gasteiger partial charge on any atom is 0.332 e. The summed E-state index contributed by atoms with van der Waals surface area (Å²) >= 11 is 0. The highest BCUT2D eigenvalue weighted by Crippen LogP contribution is 2.27. The molecule has 0 N–H and O–H groups in total. The van der Waals surface area contributed by atoms with Crippen LogP contribution in [0.3, 0.4) is 0 Å². The van der Waals surface area contributed by atoms with Gasteiger partial charge in [-0.05, 0) is 43.7 Å². The standard InChI is InChI=1S/C22H27N5O3/c1-25-21(28)18-8-9-19(24-20(18)27(22(25)29)12-13-30-2)16-6-5-11-26(14-16)15-17-7-3-4-10-23-17/h3-4,7-10,16H,5-6,11-15H2,1-2H3/t16-/m1/s1. The first-order chi connectivity index (χ1) is 14.6. The van der Waals surface area contributed by atoms with Crippen LogP contribution in [-0.2, 0) is 24.9 Å². The normalized spacial score (nSPS) is 17.5. The number of ether oxygens (including phenoxy) is 1. The summed E-state index contributed by atoms with van der Waals surface area (Å²) in [7, 11) is 3.09. The van der Waals surface area contributed by atoms with Gasteiger partial charge in [-0.15, -0.1) is 0 Å². The molecule has 8 nitrogen and oxygen atoms in total. The summed E-state index contributed by atoms with van der Waals surface area (Å²) in [5.41, 5.74) is 1.74. The highest BCUT2D eigenvalue weighted by Gasteiger charge is 2.24. The van der Waals surface area contributed by atoms with E-state index in [9.17, 15) is 9.59 Å². The van der Waals surface area contributed by atoms with E-state index in [1.807, 2.05) is 30.5 Å². The number of hydrogen-bond acceptors (Lipinski definition) is 6. The van der Waals surface area contributed by atoms with Crippen LogP contribution in [0.5, 0.6) is 0 Å². The minimum absolute atomic E-state index is 0.252. The molecule has 1 atom stereocenters. The van der Waals surface area contributed by atoms with Crippen molar-refractivity contribution < 1.29 is 4.74 Å². The van der Waals surface area contributed by atoms with Crippen molar-refractivity contribution in [2.75, 3.05) is 26.8 Å². The topological polar surface area (TPSA) is 82.2 Å². The third kappa shape index (κ3) is 4.06. The van der Waals surface area contributed by atoms with E-state index in [1.54, 1.807) is 13.2 Å². The van der Waals surface area contributed by atoms with E-state index in [0.29, 0.717) is 24.2 Å². The smallest absolute Gasteiger partial charge is 0.332 e. The van der Waals surface area contributed by atoms with Gasteiger partial charge in [0.1, 0.15) is 5.65 Å². The molecule has 8 heteroatoms. The van der Waals surface area contributed by atoms with Crippen molar-refractivity contribution >= 4 is 11.0 Å². The van der Waals surface area contributed by atoms with E-state index in [1.165, 1.54) is 11.6 Å². The van der Waals surface area contributed by atoms with Crippen molar-refractivity contribution in [3.8, 4) is 0 Å². The fourth-order valence-electron chi connectivity index (χ4n) is 4.15. The Morgan fingerprint density at radius 2 is 2.07 bits per heavy atom. The van der Waals surface area contributed by atoms with Crippen LogP contribution in [0.15, 0.2) is 46.1 Å². The quantitative estimate of drug-likeness (QED) is 0.614. The minimum atomic E-state index is -0.366. The number of nitrogens with zero attached hydrogens (tertiary/aromatic N) is 5. The van der Waals surface area contributed by atoms with Crippen molar-refractivity contribution in [2.24, 2.45) is 7.05 Å². The number of hydrogen-bond donors (Lipinski definition) is 0. The molecule has 0 unspecified atom stereocenters. The zero-order valence-electron chi connectivity index (χ0n) is 17.5. The number of fused-ring (bicyclic) bond motifs is 1. The van der Waals surface area contributed by atoms with Gasteiger partial charge in [-0.25, -0.2) is 9.78 Å². The van der Waals surface area contributed by atoms with E-state index in [0.717, 1.165) is 48.4 Å². The van der Waals surface area contributed by atoms with Crippen molar-refractivity contribution in [1.82, 2.24) is 24.0 Å². The predicted molar refractivity (Wildman–Crippen MR) is 115 cm³/mol. The Hall–Kier alpha value is -2.84. The van der Waals surface area contributed by atoms with Gasteiger partial charge < -0.3 is 4.74 Å². The molecule has 0 spiro atoms. The van der Waals surface area contributed by atoms with E-state index in [-0.39, 0.29) is 17.2 Å². The van der Waals surface area contributed by atoms with Gasteiger partial charge in [0.25, 0.3) is 5.56 Å². The summed E-state index contributed by atoms with van der Waals surface area (Å²) in [6.07, 6.45) is 3.93. The van der Waals surface area contributed by atoms with E-state index in [4.69, 9.17) is 9.72 Å². The first-order valence-corrected chi connectivity index (χ1v) is 10.3. The number of piperidine rings is 1. The Morgan fingerprint density at radius 3 is 2.83 bits per heavy atom. The minimum Gasteiger partial charge on any atom is -0.383 e. The van der Waals surface area contributed by atoms with Gasteiger partial charge in [-0.3, -0.25) is 23.8 Å². The van der Waals surface area contributed by atoms with Crippen LogP contribution in [0.1, 0.15) is 30.1 Å². The molecular formula is C22H27N5O3. The van der Waals surface area contributed by atoms with E-state index in [2.05, 4.69) is 9.88 Å². The predicted octanol–water partition coefficient (Wildman–Crippen LogP) is 1.52. The second kappa shape index (κ2) is 8.89. The molecule has 0 amide bonds. The van der Waals surface area contributed by atoms with E-state index < -0.39 is 0 Å². The Balaban J connectivity index is 1.66. The largest absolute Gasteiger partial charge is 0.383 e. The molecule has 4 heterocycles. The molecule has 0 aromatic carbocycles. The molecule has 0 bridgehead atoms. The van der Waals surface area contributed by atoms with Crippen LogP contribution in [0.2, 0.25) is 0 Å². The third-order valence-electron chi connectivity index (χ3n) is 5.76. The third-order valence-corrected chi connectivity index (χ3v) is 5.76. The summed E-state index contributed by atoms with van der Waals surface area (Å²) in [6, 6.07) is 9.72. The van der Waals surface area contributed by atoms with Gasteiger partial charge in [0.05, 0.1) is 24.2 Å². The van der Waals surface area contributed by atoms with Crippen LogP contribution in [0.4, 0.5) is 0 Å². The van der Waals surface area contributed by atoms with Gasteiger partial charge >= 0.3 is 5.69 Å². The first-order valence-electron chi connectivity index (χ1n) is 10.3. The average molecular weight is 409 g/mol. The van der Waals surface area contributed by atoms with Gasteiger partial charge in [-0.2, -0.15) is 0 Å². The molecule has 0 radical (unpaired) electrons. The molecule has 3 aromatic heterocycles. The Bertz CT molecular complexity index is 1140. The molecule has 1 fully saturated rings. The highest BCUT2D eigenvalue weighted by molar-refractivity contribution is 5.74. The Kier molecular flexibility index (Phi) is 6.06. The van der Waals surface area contributed by atoms with Gasteiger partial charge in [0, 0.05) is 45.1 Å². The molecule has 3 aromatic rings. The molecule has 0 aliphatic carbocycles. The maximum absolute atomic E-state index is 12.7.